The Kier molecular flexibility index (Phi) is 7.61. The first kappa shape index (κ1) is 21.1. The fourth-order valence-electron chi connectivity index (χ4n) is 3.13. The Morgan fingerprint density at radius 3 is 2.50 bits per heavy atom. The third-order valence-corrected chi connectivity index (χ3v) is 4.69. The Hall–Kier alpha value is -3.60. The molecule has 0 aromatic heterocycles. The van der Waals surface area contributed by atoms with Crippen LogP contribution >= 0.6 is 0 Å². The maximum Gasteiger partial charge on any atom is 0.337 e. The number of carboxylic acid groups (broad SMARTS) is 1. The third kappa shape index (κ3) is 6.21. The Labute approximate surface area is 176 Å². The van der Waals surface area contributed by atoms with Crippen LogP contribution in [0.2, 0.25) is 0 Å². The predicted octanol–water partition coefficient (Wildman–Crippen LogP) is 5.67. The number of allylic oxidation sites excluding steroid dienone is 1. The van der Waals surface area contributed by atoms with Gasteiger partial charge in [-0.25, -0.2) is 4.79 Å². The summed E-state index contributed by atoms with van der Waals surface area (Å²) in [6, 6.07) is 20.6. The molecule has 0 heterocycles. The number of hydrogen-bond donors (Lipinski definition) is 2. The highest BCUT2D eigenvalue weighted by Crippen LogP contribution is 2.20. The molecule has 0 bridgehead atoms. The normalized spacial score (nSPS) is 10.9. The third-order valence-electron chi connectivity index (χ3n) is 4.69. The smallest absolute Gasteiger partial charge is 0.337 e. The molecule has 0 aliphatic heterocycles. The van der Waals surface area contributed by atoms with Crippen LogP contribution in [-0.4, -0.2) is 23.6 Å². The van der Waals surface area contributed by atoms with Gasteiger partial charge in [0.2, 0.25) is 5.91 Å². The van der Waals surface area contributed by atoms with E-state index >= 15 is 0 Å². The number of para-hydroxylation sites is 1. The molecule has 30 heavy (non-hydrogen) atoms. The van der Waals surface area contributed by atoms with Gasteiger partial charge < -0.3 is 15.2 Å². The Morgan fingerprint density at radius 2 is 1.67 bits per heavy atom. The number of anilines is 1. The number of hydrogen-bond acceptors (Lipinski definition) is 3. The molecule has 0 unspecified atom stereocenters. The van der Waals surface area contributed by atoms with Crippen LogP contribution in [0, 0.1) is 0 Å². The average molecular weight is 403 g/mol. The molecular weight excluding hydrogens is 378 g/mol. The van der Waals surface area contributed by atoms with Crippen molar-refractivity contribution in [1.82, 2.24) is 0 Å². The molecule has 0 aliphatic rings. The zero-order valence-electron chi connectivity index (χ0n) is 16.7. The number of ether oxygens (including phenoxy) is 1. The fraction of sp³-hybridized carbons (Fsp3) is 0.200. The quantitative estimate of drug-likeness (QED) is 0.338. The van der Waals surface area contributed by atoms with Crippen molar-refractivity contribution in [3.05, 3.63) is 84.4 Å². The van der Waals surface area contributed by atoms with Crippen molar-refractivity contribution >= 4 is 28.3 Å². The summed E-state index contributed by atoms with van der Waals surface area (Å²) in [7, 11) is 0. The van der Waals surface area contributed by atoms with Gasteiger partial charge >= 0.3 is 5.97 Å². The summed E-state index contributed by atoms with van der Waals surface area (Å²) in [4.78, 5) is 23.2. The van der Waals surface area contributed by atoms with Crippen molar-refractivity contribution in [2.45, 2.75) is 25.7 Å². The topological polar surface area (TPSA) is 75.6 Å². The van der Waals surface area contributed by atoms with Crippen LogP contribution in [0.25, 0.3) is 10.8 Å². The van der Waals surface area contributed by atoms with Crippen molar-refractivity contribution in [3.8, 4) is 5.75 Å². The molecule has 3 aromatic carbocycles. The molecule has 154 valence electrons. The molecule has 5 heteroatoms. The Morgan fingerprint density at radius 1 is 0.900 bits per heavy atom. The highest BCUT2D eigenvalue weighted by molar-refractivity contribution is 6.00. The number of carbonyl (C=O) groups excluding carboxylic acids is 1. The molecule has 0 saturated carbocycles. The molecule has 3 aromatic rings. The largest absolute Gasteiger partial charge is 0.490 e. The number of fused-ring (bicyclic) bond motifs is 1. The molecular formula is C25H25NO4. The molecule has 5 nitrogen and oxygen atoms in total. The lowest BCUT2D eigenvalue weighted by Gasteiger charge is -2.08. The van der Waals surface area contributed by atoms with Gasteiger partial charge in [0, 0.05) is 6.42 Å². The van der Waals surface area contributed by atoms with E-state index in [2.05, 4.69) is 23.5 Å². The number of benzene rings is 3. The second-order valence-electron chi connectivity index (χ2n) is 6.94. The zero-order valence-corrected chi connectivity index (χ0v) is 16.7. The van der Waals surface area contributed by atoms with E-state index in [1.165, 1.54) is 11.5 Å². The number of carboxylic acids is 1. The molecule has 0 fully saturated rings. The van der Waals surface area contributed by atoms with Crippen LogP contribution in [-0.2, 0) is 4.79 Å². The van der Waals surface area contributed by atoms with Crippen molar-refractivity contribution in [3.63, 3.8) is 0 Å². The van der Waals surface area contributed by atoms with Gasteiger partial charge in [-0.15, -0.1) is 0 Å². The summed E-state index contributed by atoms with van der Waals surface area (Å²) in [5.74, 6) is -0.383. The molecule has 0 saturated heterocycles. The van der Waals surface area contributed by atoms with Crippen LogP contribution in [0.1, 0.15) is 36.0 Å². The highest BCUT2D eigenvalue weighted by atomic mass is 16.5. The van der Waals surface area contributed by atoms with E-state index in [0.29, 0.717) is 18.7 Å². The van der Waals surface area contributed by atoms with E-state index in [-0.39, 0.29) is 11.5 Å². The summed E-state index contributed by atoms with van der Waals surface area (Å²) in [6.07, 6.45) is 6.86. The van der Waals surface area contributed by atoms with Crippen molar-refractivity contribution in [1.29, 1.82) is 0 Å². The lowest BCUT2D eigenvalue weighted by atomic mass is 10.1. The summed E-state index contributed by atoms with van der Waals surface area (Å²) < 4.78 is 5.76. The summed E-state index contributed by atoms with van der Waals surface area (Å²) in [5, 5.41) is 14.2. The van der Waals surface area contributed by atoms with Gasteiger partial charge in [0.05, 0.1) is 11.3 Å². The molecule has 2 N–H and O–H groups in total. The SMILES string of the molecule is O=C(CCCCC=CCOc1ccc2ccccc2c1)Nc1ccccc1C(=O)O. The molecule has 3 rings (SSSR count). The first-order valence-electron chi connectivity index (χ1n) is 10.0. The van der Waals surface area contributed by atoms with Crippen molar-refractivity contribution in [2.24, 2.45) is 0 Å². The summed E-state index contributed by atoms with van der Waals surface area (Å²) in [5.41, 5.74) is 0.431. The molecule has 0 aliphatic carbocycles. The van der Waals surface area contributed by atoms with E-state index in [9.17, 15) is 9.59 Å². The van der Waals surface area contributed by atoms with Crippen LogP contribution in [0.3, 0.4) is 0 Å². The van der Waals surface area contributed by atoms with Gasteiger partial charge in [-0.3, -0.25) is 4.79 Å². The van der Waals surface area contributed by atoms with Crippen LogP contribution < -0.4 is 10.1 Å². The lowest BCUT2D eigenvalue weighted by Crippen LogP contribution is -2.14. The van der Waals surface area contributed by atoms with Gasteiger partial charge in [0.1, 0.15) is 12.4 Å². The summed E-state index contributed by atoms with van der Waals surface area (Å²) in [6.45, 7) is 0.505. The van der Waals surface area contributed by atoms with Crippen LogP contribution in [0.5, 0.6) is 5.75 Å². The second kappa shape index (κ2) is 10.8. The minimum Gasteiger partial charge on any atom is -0.490 e. The Bertz CT molecular complexity index is 1040. The first-order chi connectivity index (χ1) is 14.6. The van der Waals surface area contributed by atoms with Crippen LogP contribution in [0.15, 0.2) is 78.9 Å². The minimum atomic E-state index is -1.05. The monoisotopic (exact) mass is 403 g/mol. The maximum atomic E-state index is 12.0. The number of amides is 1. The van der Waals surface area contributed by atoms with Gasteiger partial charge in [-0.2, -0.15) is 0 Å². The number of unbranched alkanes of at least 4 members (excludes halogenated alkanes) is 2. The van der Waals surface area contributed by atoms with E-state index < -0.39 is 5.97 Å². The number of nitrogens with one attached hydrogen (secondary N) is 1. The molecule has 0 atom stereocenters. The molecule has 0 spiro atoms. The number of carbonyl (C=O) groups is 2. The van der Waals surface area contributed by atoms with E-state index in [1.54, 1.807) is 18.2 Å². The van der Waals surface area contributed by atoms with Gasteiger partial charge in [-0.05, 0) is 54.3 Å². The molecule has 0 radical (unpaired) electrons. The van der Waals surface area contributed by atoms with Gasteiger partial charge in [0.25, 0.3) is 0 Å². The standard InChI is InChI=1S/C25H25NO4/c27-24(26-23-13-8-7-12-22(23)25(28)29)14-4-2-1-3-9-17-30-21-16-15-19-10-5-6-11-20(19)18-21/h3,5-13,15-16,18H,1-2,4,14,17H2,(H,26,27)(H,28,29). The zero-order chi connectivity index (χ0) is 21.2. The Balaban J connectivity index is 1.32. The minimum absolute atomic E-state index is 0.0974. The predicted molar refractivity (Wildman–Crippen MR) is 119 cm³/mol. The van der Waals surface area contributed by atoms with Crippen molar-refractivity contribution in [2.75, 3.05) is 11.9 Å². The van der Waals surface area contributed by atoms with Gasteiger partial charge in [0.15, 0.2) is 0 Å². The highest BCUT2D eigenvalue weighted by Gasteiger charge is 2.11. The van der Waals surface area contributed by atoms with E-state index in [4.69, 9.17) is 9.84 Å². The lowest BCUT2D eigenvalue weighted by molar-refractivity contribution is -0.116. The number of rotatable bonds is 10. The average Bonchev–Trinajstić information content (AvgIpc) is 2.75. The summed E-state index contributed by atoms with van der Waals surface area (Å²) >= 11 is 0. The number of aromatic carboxylic acids is 1. The molecule has 1 amide bonds. The van der Waals surface area contributed by atoms with Crippen LogP contribution in [0.4, 0.5) is 5.69 Å². The maximum absolute atomic E-state index is 12.0. The van der Waals surface area contributed by atoms with Crippen molar-refractivity contribution < 1.29 is 19.4 Å². The van der Waals surface area contributed by atoms with E-state index in [1.807, 2.05) is 36.4 Å². The second-order valence-corrected chi connectivity index (χ2v) is 6.94. The first-order valence-corrected chi connectivity index (χ1v) is 10.0. The van der Waals surface area contributed by atoms with E-state index in [0.717, 1.165) is 30.4 Å². The fourth-order valence-corrected chi connectivity index (χ4v) is 3.13. The van der Waals surface area contributed by atoms with Gasteiger partial charge in [-0.1, -0.05) is 54.6 Å².